The van der Waals surface area contributed by atoms with Crippen LogP contribution in [0, 0.1) is 13.8 Å². The SMILES string of the molecule is CCc1ccc(Oc2nc(C)nc(NC)c2C)c(OC)c1. The molecule has 0 saturated carbocycles. The summed E-state index contributed by atoms with van der Waals surface area (Å²) in [5, 5.41) is 3.05. The summed E-state index contributed by atoms with van der Waals surface area (Å²) in [5.74, 6) is 3.31. The number of aromatic nitrogens is 2. The molecule has 0 radical (unpaired) electrons. The van der Waals surface area contributed by atoms with Gasteiger partial charge in [0.05, 0.1) is 12.7 Å². The molecule has 112 valence electrons. The summed E-state index contributed by atoms with van der Waals surface area (Å²) < 4.78 is 11.3. The third-order valence-corrected chi connectivity index (χ3v) is 3.29. The van der Waals surface area contributed by atoms with Crippen molar-refractivity contribution >= 4 is 5.82 Å². The minimum atomic E-state index is 0.536. The highest BCUT2D eigenvalue weighted by Gasteiger charge is 2.13. The molecule has 5 heteroatoms. The van der Waals surface area contributed by atoms with Gasteiger partial charge < -0.3 is 14.8 Å². The summed E-state index contributed by atoms with van der Waals surface area (Å²) in [4.78, 5) is 8.70. The molecular weight excluding hydrogens is 266 g/mol. The number of nitrogens with one attached hydrogen (secondary N) is 1. The van der Waals surface area contributed by atoms with Gasteiger partial charge in [0.2, 0.25) is 5.88 Å². The molecule has 2 aromatic rings. The number of rotatable bonds is 5. The number of aryl methyl sites for hydroxylation is 2. The van der Waals surface area contributed by atoms with Crippen LogP contribution in [-0.2, 0) is 6.42 Å². The van der Waals surface area contributed by atoms with E-state index in [2.05, 4.69) is 22.2 Å². The monoisotopic (exact) mass is 287 g/mol. The zero-order valence-corrected chi connectivity index (χ0v) is 13.2. The Morgan fingerprint density at radius 2 is 1.90 bits per heavy atom. The maximum atomic E-state index is 5.94. The first-order valence-corrected chi connectivity index (χ1v) is 6.96. The first-order chi connectivity index (χ1) is 10.1. The van der Waals surface area contributed by atoms with Crippen LogP contribution in [0.5, 0.6) is 17.4 Å². The van der Waals surface area contributed by atoms with Crippen LogP contribution in [-0.4, -0.2) is 24.1 Å². The van der Waals surface area contributed by atoms with Crippen LogP contribution in [0.4, 0.5) is 5.82 Å². The normalized spacial score (nSPS) is 10.3. The molecule has 0 atom stereocenters. The molecule has 0 bridgehead atoms. The van der Waals surface area contributed by atoms with E-state index in [1.54, 1.807) is 7.11 Å². The van der Waals surface area contributed by atoms with Gasteiger partial charge in [0.25, 0.3) is 0 Å². The first kappa shape index (κ1) is 15.1. The van der Waals surface area contributed by atoms with Crippen LogP contribution < -0.4 is 14.8 Å². The molecule has 0 aliphatic carbocycles. The summed E-state index contributed by atoms with van der Waals surface area (Å²) in [6, 6.07) is 5.92. The van der Waals surface area contributed by atoms with E-state index in [1.807, 2.05) is 39.1 Å². The predicted molar refractivity (Wildman–Crippen MR) is 83.5 cm³/mol. The molecule has 0 unspecified atom stereocenters. The van der Waals surface area contributed by atoms with Crippen molar-refractivity contribution in [2.24, 2.45) is 0 Å². The second-order valence-electron chi connectivity index (χ2n) is 4.74. The lowest BCUT2D eigenvalue weighted by Crippen LogP contribution is -2.03. The molecule has 0 aliphatic heterocycles. The Kier molecular flexibility index (Phi) is 4.62. The van der Waals surface area contributed by atoms with Crippen LogP contribution in [0.3, 0.4) is 0 Å². The number of anilines is 1. The van der Waals surface area contributed by atoms with E-state index in [9.17, 15) is 0 Å². The van der Waals surface area contributed by atoms with Crippen LogP contribution in [0.2, 0.25) is 0 Å². The fraction of sp³-hybridized carbons (Fsp3) is 0.375. The standard InChI is InChI=1S/C16H21N3O2/c1-6-12-7-8-13(14(9-12)20-5)21-16-10(2)15(17-4)18-11(3)19-16/h7-9H,6H2,1-5H3,(H,17,18,19). The molecule has 0 aliphatic rings. The van der Waals surface area contributed by atoms with Crippen molar-refractivity contribution in [3.05, 3.63) is 35.2 Å². The van der Waals surface area contributed by atoms with E-state index in [4.69, 9.17) is 9.47 Å². The lowest BCUT2D eigenvalue weighted by molar-refractivity contribution is 0.372. The summed E-state index contributed by atoms with van der Waals surface area (Å²) in [6.45, 7) is 5.87. The van der Waals surface area contributed by atoms with E-state index >= 15 is 0 Å². The van der Waals surface area contributed by atoms with E-state index in [-0.39, 0.29) is 0 Å². The predicted octanol–water partition coefficient (Wildman–Crippen LogP) is 3.50. The maximum Gasteiger partial charge on any atom is 0.227 e. The van der Waals surface area contributed by atoms with Crippen LogP contribution in [0.1, 0.15) is 23.9 Å². The molecule has 0 fully saturated rings. The average Bonchev–Trinajstić information content (AvgIpc) is 2.50. The van der Waals surface area contributed by atoms with Crippen LogP contribution >= 0.6 is 0 Å². The second-order valence-corrected chi connectivity index (χ2v) is 4.74. The van der Waals surface area contributed by atoms with Gasteiger partial charge in [0.15, 0.2) is 11.5 Å². The summed E-state index contributed by atoms with van der Waals surface area (Å²) in [7, 11) is 3.47. The molecule has 2 rings (SSSR count). The van der Waals surface area contributed by atoms with Gasteiger partial charge >= 0.3 is 0 Å². The highest BCUT2D eigenvalue weighted by molar-refractivity contribution is 5.51. The molecule has 5 nitrogen and oxygen atoms in total. The number of hydrogen-bond donors (Lipinski definition) is 1. The van der Waals surface area contributed by atoms with Gasteiger partial charge in [-0.05, 0) is 38.0 Å². The Morgan fingerprint density at radius 1 is 1.14 bits per heavy atom. The van der Waals surface area contributed by atoms with Crippen molar-refractivity contribution < 1.29 is 9.47 Å². The lowest BCUT2D eigenvalue weighted by atomic mass is 10.1. The quantitative estimate of drug-likeness (QED) is 0.912. The van der Waals surface area contributed by atoms with Crippen molar-refractivity contribution in [1.29, 1.82) is 0 Å². The third kappa shape index (κ3) is 3.24. The van der Waals surface area contributed by atoms with Gasteiger partial charge in [-0.3, -0.25) is 0 Å². The van der Waals surface area contributed by atoms with Crippen LogP contribution in [0.15, 0.2) is 18.2 Å². The Morgan fingerprint density at radius 3 is 2.52 bits per heavy atom. The number of nitrogens with zero attached hydrogens (tertiary/aromatic N) is 2. The van der Waals surface area contributed by atoms with Crippen molar-refractivity contribution in [2.75, 3.05) is 19.5 Å². The minimum absolute atomic E-state index is 0.536. The summed E-state index contributed by atoms with van der Waals surface area (Å²) >= 11 is 0. The fourth-order valence-electron chi connectivity index (χ4n) is 2.07. The van der Waals surface area contributed by atoms with Crippen molar-refractivity contribution in [3.63, 3.8) is 0 Å². The van der Waals surface area contributed by atoms with Gasteiger partial charge in [0.1, 0.15) is 11.6 Å². The van der Waals surface area contributed by atoms with Crippen molar-refractivity contribution in [3.8, 4) is 17.4 Å². The van der Waals surface area contributed by atoms with Gasteiger partial charge in [-0.1, -0.05) is 13.0 Å². The molecule has 0 saturated heterocycles. The Balaban J connectivity index is 2.40. The summed E-state index contributed by atoms with van der Waals surface area (Å²) in [6.07, 6.45) is 0.951. The lowest BCUT2D eigenvalue weighted by Gasteiger charge is -2.14. The number of benzene rings is 1. The molecule has 1 heterocycles. The number of methoxy groups -OCH3 is 1. The molecule has 21 heavy (non-hydrogen) atoms. The highest BCUT2D eigenvalue weighted by atomic mass is 16.5. The van der Waals surface area contributed by atoms with Crippen LogP contribution in [0.25, 0.3) is 0 Å². The Labute approximate surface area is 125 Å². The third-order valence-electron chi connectivity index (χ3n) is 3.29. The largest absolute Gasteiger partial charge is 0.493 e. The molecule has 0 amide bonds. The van der Waals surface area contributed by atoms with E-state index in [0.29, 0.717) is 23.2 Å². The zero-order chi connectivity index (χ0) is 15.4. The van der Waals surface area contributed by atoms with Crippen molar-refractivity contribution in [1.82, 2.24) is 9.97 Å². The van der Waals surface area contributed by atoms with Gasteiger partial charge in [0, 0.05) is 7.05 Å². The Bertz CT molecular complexity index is 642. The van der Waals surface area contributed by atoms with Crippen molar-refractivity contribution in [2.45, 2.75) is 27.2 Å². The zero-order valence-electron chi connectivity index (χ0n) is 13.2. The molecule has 1 N–H and O–H groups in total. The minimum Gasteiger partial charge on any atom is -0.493 e. The van der Waals surface area contributed by atoms with Gasteiger partial charge in [-0.2, -0.15) is 4.98 Å². The molecule has 1 aromatic heterocycles. The molecular formula is C16H21N3O2. The topological polar surface area (TPSA) is 56.3 Å². The highest BCUT2D eigenvalue weighted by Crippen LogP contribution is 2.34. The van der Waals surface area contributed by atoms with E-state index in [1.165, 1.54) is 5.56 Å². The second kappa shape index (κ2) is 6.43. The first-order valence-electron chi connectivity index (χ1n) is 6.96. The van der Waals surface area contributed by atoms with E-state index in [0.717, 1.165) is 17.8 Å². The van der Waals surface area contributed by atoms with E-state index < -0.39 is 0 Å². The Hall–Kier alpha value is -2.30. The molecule has 0 spiro atoms. The number of ether oxygens (including phenoxy) is 2. The van der Waals surface area contributed by atoms with Gasteiger partial charge in [-0.15, -0.1) is 0 Å². The maximum absolute atomic E-state index is 5.94. The fourth-order valence-corrected chi connectivity index (χ4v) is 2.07. The molecule has 1 aromatic carbocycles. The number of hydrogen-bond acceptors (Lipinski definition) is 5. The van der Waals surface area contributed by atoms with Gasteiger partial charge in [-0.25, -0.2) is 4.98 Å². The summed E-state index contributed by atoms with van der Waals surface area (Å²) in [5.41, 5.74) is 2.07. The average molecular weight is 287 g/mol. The smallest absolute Gasteiger partial charge is 0.227 e.